The molecule has 1 N–H and O–H groups in total. The molecule has 0 heterocycles. The van der Waals surface area contributed by atoms with Crippen LogP contribution in [-0.4, -0.2) is 24.4 Å². The lowest BCUT2D eigenvalue weighted by molar-refractivity contribution is 0.0201. The van der Waals surface area contributed by atoms with E-state index in [4.69, 9.17) is 9.47 Å². The quantitative estimate of drug-likeness (QED) is 0.917. The zero-order valence-corrected chi connectivity index (χ0v) is 14.2. The molecule has 0 spiro atoms. The van der Waals surface area contributed by atoms with Crippen LogP contribution in [0.1, 0.15) is 56.8 Å². The Kier molecular flexibility index (Phi) is 5.12. The molecule has 4 nitrogen and oxygen atoms in total. The van der Waals surface area contributed by atoms with Crippen molar-refractivity contribution in [3.63, 3.8) is 0 Å². The highest BCUT2D eigenvalue weighted by Gasteiger charge is 2.35. The zero-order valence-electron chi connectivity index (χ0n) is 14.2. The molecule has 0 bridgehead atoms. The Morgan fingerprint density at radius 1 is 1.36 bits per heavy atom. The monoisotopic (exact) mass is 305 g/mol. The summed E-state index contributed by atoms with van der Waals surface area (Å²) in [5, 5.41) is 2.98. The second-order valence-corrected chi connectivity index (χ2v) is 6.94. The number of benzene rings is 1. The predicted octanol–water partition coefficient (Wildman–Crippen LogP) is 3.91. The van der Waals surface area contributed by atoms with Crippen LogP contribution >= 0.6 is 0 Å². The Balaban J connectivity index is 2.15. The second kappa shape index (κ2) is 6.69. The second-order valence-electron chi connectivity index (χ2n) is 6.94. The number of carbonyl (C=O) groups is 1. The fourth-order valence-electron chi connectivity index (χ4n) is 2.78. The lowest BCUT2D eigenvalue weighted by Gasteiger charge is -2.25. The van der Waals surface area contributed by atoms with Gasteiger partial charge in [-0.3, -0.25) is 0 Å². The molecule has 0 radical (unpaired) electrons. The van der Waals surface area contributed by atoms with Crippen molar-refractivity contribution < 1.29 is 14.3 Å². The molecule has 2 unspecified atom stereocenters. The lowest BCUT2D eigenvalue weighted by Crippen LogP contribution is -2.39. The zero-order chi connectivity index (χ0) is 16.3. The topological polar surface area (TPSA) is 47.6 Å². The summed E-state index contributed by atoms with van der Waals surface area (Å²) in [6.07, 6.45) is 1.38. The molecule has 0 saturated carbocycles. The van der Waals surface area contributed by atoms with Gasteiger partial charge in [0.25, 0.3) is 0 Å². The molecule has 2 rings (SSSR count). The van der Waals surface area contributed by atoms with Crippen LogP contribution in [-0.2, 0) is 15.9 Å². The summed E-state index contributed by atoms with van der Waals surface area (Å²) in [7, 11) is 0. The highest BCUT2D eigenvalue weighted by Crippen LogP contribution is 2.34. The molecule has 1 aromatic rings. The van der Waals surface area contributed by atoms with Crippen LogP contribution in [0.3, 0.4) is 0 Å². The van der Waals surface area contributed by atoms with Crippen LogP contribution in [0.2, 0.25) is 0 Å². The van der Waals surface area contributed by atoms with Crippen molar-refractivity contribution in [2.75, 3.05) is 6.61 Å². The van der Waals surface area contributed by atoms with E-state index in [-0.39, 0.29) is 12.1 Å². The third-order valence-electron chi connectivity index (χ3n) is 3.63. The van der Waals surface area contributed by atoms with Gasteiger partial charge in [-0.2, -0.15) is 0 Å². The molecular weight excluding hydrogens is 278 g/mol. The first kappa shape index (κ1) is 16.8. The van der Waals surface area contributed by atoms with Gasteiger partial charge in [0.1, 0.15) is 5.60 Å². The standard InChI is InChI=1S/C18H27NO3/c1-6-9-21-15-11-13-10-12(2)7-8-14(13)16(15)19-17(20)22-18(3,4)5/h7-8,10,15-16H,6,9,11H2,1-5H3,(H,19,20). The number of carbonyl (C=O) groups excluding carboxylic acids is 1. The van der Waals surface area contributed by atoms with Gasteiger partial charge in [-0.1, -0.05) is 30.7 Å². The number of amides is 1. The van der Waals surface area contributed by atoms with Crippen molar-refractivity contribution in [1.82, 2.24) is 5.32 Å². The largest absolute Gasteiger partial charge is 0.444 e. The highest BCUT2D eigenvalue weighted by molar-refractivity contribution is 5.69. The van der Waals surface area contributed by atoms with E-state index in [9.17, 15) is 4.79 Å². The third kappa shape index (κ3) is 4.23. The van der Waals surface area contributed by atoms with Gasteiger partial charge in [-0.15, -0.1) is 0 Å². The minimum atomic E-state index is -0.501. The number of fused-ring (bicyclic) bond motifs is 1. The molecule has 2 atom stereocenters. The van der Waals surface area contributed by atoms with Gasteiger partial charge in [-0.05, 0) is 45.2 Å². The summed E-state index contributed by atoms with van der Waals surface area (Å²) >= 11 is 0. The summed E-state index contributed by atoms with van der Waals surface area (Å²) in [6, 6.07) is 6.19. The molecule has 0 aromatic heterocycles. The number of ether oxygens (including phenoxy) is 2. The Bertz CT molecular complexity index is 534. The number of hydrogen-bond acceptors (Lipinski definition) is 3. The first-order chi connectivity index (χ1) is 10.3. The molecular formula is C18H27NO3. The lowest BCUT2D eigenvalue weighted by atomic mass is 10.1. The van der Waals surface area contributed by atoms with E-state index in [2.05, 4.69) is 37.4 Å². The number of alkyl carbamates (subject to hydrolysis) is 1. The molecule has 1 amide bonds. The summed E-state index contributed by atoms with van der Waals surface area (Å²) < 4.78 is 11.3. The average molecular weight is 305 g/mol. The third-order valence-corrected chi connectivity index (χ3v) is 3.63. The fraction of sp³-hybridized carbons (Fsp3) is 0.611. The van der Waals surface area contributed by atoms with Crippen LogP contribution in [0.25, 0.3) is 0 Å². The van der Waals surface area contributed by atoms with Crippen LogP contribution in [0.5, 0.6) is 0 Å². The Labute approximate surface area is 133 Å². The van der Waals surface area contributed by atoms with E-state index < -0.39 is 11.7 Å². The summed E-state index contributed by atoms with van der Waals surface area (Å²) in [6.45, 7) is 10.5. The van der Waals surface area contributed by atoms with E-state index in [1.807, 2.05) is 20.8 Å². The fourth-order valence-corrected chi connectivity index (χ4v) is 2.78. The van der Waals surface area contributed by atoms with E-state index in [0.29, 0.717) is 6.61 Å². The molecule has 1 aliphatic carbocycles. The van der Waals surface area contributed by atoms with E-state index in [0.717, 1.165) is 18.4 Å². The molecule has 4 heteroatoms. The van der Waals surface area contributed by atoms with Crippen molar-refractivity contribution in [2.45, 2.75) is 65.2 Å². The molecule has 1 aromatic carbocycles. The van der Waals surface area contributed by atoms with Crippen LogP contribution < -0.4 is 5.32 Å². The molecule has 22 heavy (non-hydrogen) atoms. The van der Waals surface area contributed by atoms with Crippen LogP contribution in [0, 0.1) is 6.92 Å². The van der Waals surface area contributed by atoms with Crippen molar-refractivity contribution in [1.29, 1.82) is 0 Å². The summed E-state index contributed by atoms with van der Waals surface area (Å²) in [5.74, 6) is 0. The highest BCUT2D eigenvalue weighted by atomic mass is 16.6. The summed E-state index contributed by atoms with van der Waals surface area (Å²) in [4.78, 5) is 12.1. The van der Waals surface area contributed by atoms with Gasteiger partial charge in [-0.25, -0.2) is 4.79 Å². The Hall–Kier alpha value is -1.55. The maximum absolute atomic E-state index is 12.1. The minimum Gasteiger partial charge on any atom is -0.444 e. The van der Waals surface area contributed by atoms with Crippen molar-refractivity contribution >= 4 is 6.09 Å². The van der Waals surface area contributed by atoms with E-state index in [1.165, 1.54) is 11.1 Å². The van der Waals surface area contributed by atoms with Crippen LogP contribution in [0.4, 0.5) is 4.79 Å². The normalized spacial score (nSPS) is 20.6. The maximum Gasteiger partial charge on any atom is 0.408 e. The van der Waals surface area contributed by atoms with Crippen molar-refractivity contribution in [3.05, 3.63) is 34.9 Å². The molecule has 0 saturated heterocycles. The SMILES string of the molecule is CCCOC1Cc2cc(C)ccc2C1NC(=O)OC(C)(C)C. The number of aryl methyl sites for hydroxylation is 1. The maximum atomic E-state index is 12.1. The predicted molar refractivity (Wildman–Crippen MR) is 87.0 cm³/mol. The average Bonchev–Trinajstić information content (AvgIpc) is 2.71. The van der Waals surface area contributed by atoms with Gasteiger partial charge in [0.15, 0.2) is 0 Å². The van der Waals surface area contributed by atoms with Gasteiger partial charge >= 0.3 is 6.09 Å². The number of rotatable bonds is 4. The minimum absolute atomic E-state index is 0.0238. The van der Waals surface area contributed by atoms with E-state index >= 15 is 0 Å². The Morgan fingerprint density at radius 2 is 2.09 bits per heavy atom. The van der Waals surface area contributed by atoms with Gasteiger partial charge < -0.3 is 14.8 Å². The summed E-state index contributed by atoms with van der Waals surface area (Å²) in [5.41, 5.74) is 3.11. The molecule has 0 aliphatic heterocycles. The Morgan fingerprint density at radius 3 is 2.73 bits per heavy atom. The van der Waals surface area contributed by atoms with Gasteiger partial charge in [0.2, 0.25) is 0 Å². The van der Waals surface area contributed by atoms with Crippen molar-refractivity contribution in [2.24, 2.45) is 0 Å². The number of hydrogen-bond donors (Lipinski definition) is 1. The molecule has 122 valence electrons. The van der Waals surface area contributed by atoms with Crippen LogP contribution in [0.15, 0.2) is 18.2 Å². The first-order valence-corrected chi connectivity index (χ1v) is 8.00. The van der Waals surface area contributed by atoms with Gasteiger partial charge in [0, 0.05) is 13.0 Å². The molecule has 0 fully saturated rings. The van der Waals surface area contributed by atoms with E-state index in [1.54, 1.807) is 0 Å². The molecule has 1 aliphatic rings. The van der Waals surface area contributed by atoms with Crippen molar-refractivity contribution in [3.8, 4) is 0 Å². The number of nitrogens with one attached hydrogen (secondary N) is 1. The first-order valence-electron chi connectivity index (χ1n) is 8.00. The smallest absolute Gasteiger partial charge is 0.408 e. The van der Waals surface area contributed by atoms with Gasteiger partial charge in [0.05, 0.1) is 12.1 Å².